The largest absolute Gasteiger partial charge is 0.379 e. The van der Waals surface area contributed by atoms with E-state index >= 15 is 0 Å². The fourth-order valence-corrected chi connectivity index (χ4v) is 3.24. The molecule has 0 spiro atoms. The van der Waals surface area contributed by atoms with Gasteiger partial charge < -0.3 is 10.1 Å². The van der Waals surface area contributed by atoms with Gasteiger partial charge in [0.25, 0.3) is 5.91 Å². The molecule has 1 fully saturated rings. The molecule has 0 bridgehead atoms. The number of rotatable bonds is 5. The third-order valence-electron chi connectivity index (χ3n) is 4.48. The van der Waals surface area contributed by atoms with Crippen LogP contribution in [0.1, 0.15) is 27.5 Å². The fraction of sp³-hybridized carbons (Fsp3) is 0.350. The SMILES string of the molecule is Cc1cccc(C(CNC(=O)c2ccc(Cl)cc2)N2CCOCC2)c1. The van der Waals surface area contributed by atoms with Crippen molar-refractivity contribution >= 4 is 17.5 Å². The lowest BCUT2D eigenvalue weighted by atomic mass is 10.0. The first-order valence-corrected chi connectivity index (χ1v) is 8.93. The lowest BCUT2D eigenvalue weighted by molar-refractivity contribution is 0.0162. The van der Waals surface area contributed by atoms with Crippen LogP contribution in [0.2, 0.25) is 5.02 Å². The second kappa shape index (κ2) is 8.48. The summed E-state index contributed by atoms with van der Waals surface area (Å²) in [6.45, 7) is 5.85. The third kappa shape index (κ3) is 4.82. The van der Waals surface area contributed by atoms with Gasteiger partial charge in [-0.2, -0.15) is 0 Å². The van der Waals surface area contributed by atoms with Crippen LogP contribution < -0.4 is 5.32 Å². The number of hydrogen-bond acceptors (Lipinski definition) is 3. The Kier molecular flexibility index (Phi) is 6.08. The van der Waals surface area contributed by atoms with Crippen LogP contribution in [-0.2, 0) is 4.74 Å². The first-order chi connectivity index (χ1) is 12.1. The molecule has 1 saturated heterocycles. The van der Waals surface area contributed by atoms with Crippen molar-refractivity contribution in [2.75, 3.05) is 32.8 Å². The van der Waals surface area contributed by atoms with Gasteiger partial charge in [0.15, 0.2) is 0 Å². The summed E-state index contributed by atoms with van der Waals surface area (Å²) in [4.78, 5) is 14.8. The van der Waals surface area contributed by atoms with Gasteiger partial charge in [0, 0.05) is 30.2 Å². The van der Waals surface area contributed by atoms with Crippen molar-refractivity contribution in [2.24, 2.45) is 0 Å². The highest BCUT2D eigenvalue weighted by atomic mass is 35.5. The summed E-state index contributed by atoms with van der Waals surface area (Å²) in [5, 5.41) is 3.70. The molecule has 25 heavy (non-hydrogen) atoms. The summed E-state index contributed by atoms with van der Waals surface area (Å²) < 4.78 is 5.47. The minimum Gasteiger partial charge on any atom is -0.379 e. The van der Waals surface area contributed by atoms with E-state index in [1.165, 1.54) is 11.1 Å². The summed E-state index contributed by atoms with van der Waals surface area (Å²) in [5.41, 5.74) is 3.06. The smallest absolute Gasteiger partial charge is 0.251 e. The Balaban J connectivity index is 1.73. The van der Waals surface area contributed by atoms with Crippen LogP contribution >= 0.6 is 11.6 Å². The van der Waals surface area contributed by atoms with E-state index in [1.807, 2.05) is 0 Å². The monoisotopic (exact) mass is 358 g/mol. The molecule has 0 saturated carbocycles. The molecule has 4 nitrogen and oxygen atoms in total. The summed E-state index contributed by atoms with van der Waals surface area (Å²) >= 11 is 5.89. The maximum Gasteiger partial charge on any atom is 0.251 e. The predicted octanol–water partition coefficient (Wildman–Crippen LogP) is 3.45. The Morgan fingerprint density at radius 1 is 1.20 bits per heavy atom. The Labute approximate surface area is 153 Å². The van der Waals surface area contributed by atoms with Gasteiger partial charge in [-0.05, 0) is 36.8 Å². The molecular formula is C20H23ClN2O2. The standard InChI is InChI=1S/C20H23ClN2O2/c1-15-3-2-4-17(13-15)19(23-9-11-25-12-10-23)14-22-20(24)16-5-7-18(21)8-6-16/h2-8,13,19H,9-12,14H2,1H3,(H,22,24). The zero-order valence-electron chi connectivity index (χ0n) is 14.4. The minimum absolute atomic E-state index is 0.0809. The van der Waals surface area contributed by atoms with Gasteiger partial charge in [-0.1, -0.05) is 41.4 Å². The van der Waals surface area contributed by atoms with Crippen molar-refractivity contribution in [3.05, 3.63) is 70.2 Å². The van der Waals surface area contributed by atoms with Crippen LogP contribution in [0.25, 0.3) is 0 Å². The molecule has 1 aliphatic heterocycles. The van der Waals surface area contributed by atoms with E-state index in [0.717, 1.165) is 26.3 Å². The van der Waals surface area contributed by atoms with E-state index < -0.39 is 0 Å². The number of benzene rings is 2. The van der Waals surface area contributed by atoms with E-state index in [2.05, 4.69) is 41.4 Å². The minimum atomic E-state index is -0.0809. The number of morpholine rings is 1. The zero-order valence-corrected chi connectivity index (χ0v) is 15.1. The zero-order chi connectivity index (χ0) is 17.6. The van der Waals surface area contributed by atoms with Crippen molar-refractivity contribution in [1.82, 2.24) is 10.2 Å². The summed E-state index contributed by atoms with van der Waals surface area (Å²) in [5.74, 6) is -0.0809. The molecule has 1 atom stereocenters. The van der Waals surface area contributed by atoms with Gasteiger partial charge in [0.1, 0.15) is 0 Å². The number of carbonyl (C=O) groups is 1. The Morgan fingerprint density at radius 2 is 1.92 bits per heavy atom. The van der Waals surface area contributed by atoms with Gasteiger partial charge in [-0.25, -0.2) is 0 Å². The maximum absolute atomic E-state index is 12.4. The van der Waals surface area contributed by atoms with Gasteiger partial charge >= 0.3 is 0 Å². The molecule has 132 valence electrons. The number of hydrogen-bond donors (Lipinski definition) is 1. The van der Waals surface area contributed by atoms with Crippen LogP contribution in [0.4, 0.5) is 0 Å². The number of nitrogens with one attached hydrogen (secondary N) is 1. The molecule has 0 radical (unpaired) electrons. The first kappa shape index (κ1) is 17.9. The molecule has 3 rings (SSSR count). The molecule has 1 aliphatic rings. The molecule has 0 aromatic heterocycles. The van der Waals surface area contributed by atoms with Gasteiger partial charge in [-0.15, -0.1) is 0 Å². The lowest BCUT2D eigenvalue weighted by Gasteiger charge is -2.35. The predicted molar refractivity (Wildman–Crippen MR) is 100 cm³/mol. The number of amides is 1. The molecule has 1 unspecified atom stereocenters. The maximum atomic E-state index is 12.4. The Hall–Kier alpha value is -1.88. The molecule has 2 aromatic rings. The molecule has 1 heterocycles. The first-order valence-electron chi connectivity index (χ1n) is 8.55. The lowest BCUT2D eigenvalue weighted by Crippen LogP contribution is -2.43. The topological polar surface area (TPSA) is 41.6 Å². The van der Waals surface area contributed by atoms with Crippen LogP contribution in [0.5, 0.6) is 0 Å². The van der Waals surface area contributed by atoms with Crippen LogP contribution in [0, 0.1) is 6.92 Å². The third-order valence-corrected chi connectivity index (χ3v) is 4.73. The molecule has 2 aromatic carbocycles. The van der Waals surface area contributed by atoms with E-state index in [0.29, 0.717) is 17.1 Å². The van der Waals surface area contributed by atoms with Gasteiger partial charge in [-0.3, -0.25) is 9.69 Å². The Bertz CT molecular complexity index is 712. The average molecular weight is 359 g/mol. The number of halogens is 1. The second-order valence-electron chi connectivity index (χ2n) is 6.30. The molecule has 1 amide bonds. The highest BCUT2D eigenvalue weighted by Gasteiger charge is 2.23. The van der Waals surface area contributed by atoms with Crippen LogP contribution in [0.15, 0.2) is 48.5 Å². The van der Waals surface area contributed by atoms with Crippen LogP contribution in [0.3, 0.4) is 0 Å². The summed E-state index contributed by atoms with van der Waals surface area (Å²) in [6.07, 6.45) is 0. The average Bonchev–Trinajstić information content (AvgIpc) is 2.63. The van der Waals surface area contributed by atoms with E-state index in [1.54, 1.807) is 24.3 Å². The number of ether oxygens (including phenoxy) is 1. The van der Waals surface area contributed by atoms with Gasteiger partial charge in [0.2, 0.25) is 0 Å². The summed E-state index contributed by atoms with van der Waals surface area (Å²) in [6, 6.07) is 15.6. The van der Waals surface area contributed by atoms with Crippen molar-refractivity contribution in [3.63, 3.8) is 0 Å². The second-order valence-corrected chi connectivity index (χ2v) is 6.73. The molecule has 5 heteroatoms. The van der Waals surface area contributed by atoms with Crippen molar-refractivity contribution in [3.8, 4) is 0 Å². The highest BCUT2D eigenvalue weighted by Crippen LogP contribution is 2.22. The van der Waals surface area contributed by atoms with Crippen molar-refractivity contribution in [1.29, 1.82) is 0 Å². The normalized spacial score (nSPS) is 16.4. The molecular weight excluding hydrogens is 336 g/mol. The highest BCUT2D eigenvalue weighted by molar-refractivity contribution is 6.30. The summed E-state index contributed by atoms with van der Waals surface area (Å²) in [7, 11) is 0. The van der Waals surface area contributed by atoms with Crippen molar-refractivity contribution in [2.45, 2.75) is 13.0 Å². The van der Waals surface area contributed by atoms with Crippen molar-refractivity contribution < 1.29 is 9.53 Å². The van der Waals surface area contributed by atoms with E-state index in [9.17, 15) is 4.79 Å². The fourth-order valence-electron chi connectivity index (χ4n) is 3.12. The number of carbonyl (C=O) groups excluding carboxylic acids is 1. The van der Waals surface area contributed by atoms with Crippen LogP contribution in [-0.4, -0.2) is 43.7 Å². The number of aryl methyl sites for hydroxylation is 1. The quantitative estimate of drug-likeness (QED) is 0.890. The molecule has 0 aliphatic carbocycles. The van der Waals surface area contributed by atoms with Gasteiger partial charge in [0.05, 0.1) is 19.3 Å². The van der Waals surface area contributed by atoms with E-state index in [-0.39, 0.29) is 11.9 Å². The molecule has 1 N–H and O–H groups in total. The van der Waals surface area contributed by atoms with E-state index in [4.69, 9.17) is 16.3 Å². The Morgan fingerprint density at radius 3 is 2.60 bits per heavy atom. The number of nitrogens with zero attached hydrogens (tertiary/aromatic N) is 1.